The summed E-state index contributed by atoms with van der Waals surface area (Å²) in [4.78, 5) is 31.3. The number of aromatic nitrogens is 3. The van der Waals surface area contributed by atoms with Crippen LogP contribution in [0.1, 0.15) is 51.6 Å². The third-order valence-corrected chi connectivity index (χ3v) is 7.02. The van der Waals surface area contributed by atoms with Crippen LogP contribution in [-0.2, 0) is 24.3 Å². The average Bonchev–Trinajstić information content (AvgIpc) is 3.10. The molecule has 3 N–H and O–H groups in total. The van der Waals surface area contributed by atoms with Crippen molar-refractivity contribution >= 4 is 17.6 Å². The summed E-state index contributed by atoms with van der Waals surface area (Å²) in [5.74, 6) is 1.58. The Bertz CT molecular complexity index is 1230. The first-order chi connectivity index (χ1) is 16.0. The van der Waals surface area contributed by atoms with Crippen LogP contribution in [0.4, 0.5) is 5.82 Å². The van der Waals surface area contributed by atoms with Crippen LogP contribution in [0.3, 0.4) is 0 Å². The Kier molecular flexibility index (Phi) is 4.67. The first kappa shape index (κ1) is 20.0. The van der Waals surface area contributed by atoms with E-state index in [1.54, 1.807) is 23.1 Å². The van der Waals surface area contributed by atoms with Gasteiger partial charge >= 0.3 is 0 Å². The van der Waals surface area contributed by atoms with E-state index in [-0.39, 0.29) is 11.9 Å². The number of pyridine rings is 1. The number of aryl methyl sites for hydroxylation is 1. The molecule has 3 heterocycles. The Morgan fingerprint density at radius 2 is 1.91 bits per heavy atom. The highest BCUT2D eigenvalue weighted by Crippen LogP contribution is 2.46. The van der Waals surface area contributed by atoms with Crippen molar-refractivity contribution in [2.75, 3.05) is 12.3 Å². The molecule has 3 atom stereocenters. The fraction of sp³-hybridized carbons (Fsp3) is 0.360. The minimum absolute atomic E-state index is 0.0510. The molecule has 1 saturated carbocycles. The second-order valence-electron chi connectivity index (χ2n) is 9.40. The largest absolute Gasteiger partial charge is 0.384 e. The van der Waals surface area contributed by atoms with Gasteiger partial charge < -0.3 is 16.0 Å². The lowest BCUT2D eigenvalue weighted by Crippen LogP contribution is -2.27. The van der Waals surface area contributed by atoms with E-state index < -0.39 is 0 Å². The first-order valence-corrected chi connectivity index (χ1v) is 11.5. The van der Waals surface area contributed by atoms with Crippen LogP contribution in [-0.4, -0.2) is 38.0 Å². The molecule has 1 aromatic carbocycles. The second-order valence-corrected chi connectivity index (χ2v) is 9.40. The Morgan fingerprint density at radius 1 is 1.12 bits per heavy atom. The molecule has 0 bridgehead atoms. The van der Waals surface area contributed by atoms with Crippen LogP contribution in [0.25, 0.3) is 0 Å². The minimum atomic E-state index is -0.139. The predicted octanol–water partition coefficient (Wildman–Crippen LogP) is 2.30. The van der Waals surface area contributed by atoms with Gasteiger partial charge in [0.05, 0.1) is 24.3 Å². The standard InChI is InChI=1S/C25H26N6O2/c26-23-8-5-19-21(28-23)6-7-22(19)29-24(32)18-10-27-31(14-18)12-16-3-1-15(2-4-16)11-30-13-17-9-20(17)25(30)33/h1-5,8,10,14,17,20,22H,6-7,9,11-13H2,(H2,26,28)(H,29,32)/t17?,20-,22+/m0/s1. The van der Waals surface area contributed by atoms with Crippen molar-refractivity contribution in [2.24, 2.45) is 11.8 Å². The summed E-state index contributed by atoms with van der Waals surface area (Å²) in [5.41, 5.74) is 10.5. The number of rotatable bonds is 6. The van der Waals surface area contributed by atoms with Crippen molar-refractivity contribution in [3.63, 3.8) is 0 Å². The van der Waals surface area contributed by atoms with E-state index in [0.717, 1.165) is 48.2 Å². The summed E-state index contributed by atoms with van der Waals surface area (Å²) in [7, 11) is 0. The maximum Gasteiger partial charge on any atom is 0.254 e. The monoisotopic (exact) mass is 442 g/mol. The van der Waals surface area contributed by atoms with E-state index in [4.69, 9.17) is 5.73 Å². The molecule has 1 saturated heterocycles. The summed E-state index contributed by atoms with van der Waals surface area (Å²) < 4.78 is 1.77. The molecule has 3 aliphatic rings. The zero-order valence-corrected chi connectivity index (χ0v) is 18.3. The lowest BCUT2D eigenvalue weighted by atomic mass is 10.1. The Hall–Kier alpha value is -3.68. The number of anilines is 1. The van der Waals surface area contributed by atoms with Gasteiger partial charge in [-0.25, -0.2) is 4.98 Å². The van der Waals surface area contributed by atoms with E-state index in [1.165, 1.54) is 0 Å². The van der Waals surface area contributed by atoms with Gasteiger partial charge in [-0.1, -0.05) is 30.3 Å². The van der Waals surface area contributed by atoms with Crippen molar-refractivity contribution in [1.82, 2.24) is 25.0 Å². The van der Waals surface area contributed by atoms with E-state index in [0.29, 0.717) is 42.2 Å². The number of amides is 2. The fourth-order valence-corrected chi connectivity index (χ4v) is 5.10. The van der Waals surface area contributed by atoms with Gasteiger partial charge in [0.15, 0.2) is 0 Å². The van der Waals surface area contributed by atoms with Crippen molar-refractivity contribution in [2.45, 2.75) is 38.4 Å². The first-order valence-electron chi connectivity index (χ1n) is 11.5. The molecule has 168 valence electrons. The molecule has 1 unspecified atom stereocenters. The van der Waals surface area contributed by atoms with Gasteiger partial charge in [0.1, 0.15) is 5.82 Å². The number of likely N-dealkylation sites (tertiary alicyclic amines) is 1. The number of piperidine rings is 1. The molecule has 8 heteroatoms. The number of benzene rings is 1. The Labute approximate surface area is 191 Å². The van der Waals surface area contributed by atoms with Gasteiger partial charge in [0, 0.05) is 30.9 Å². The third-order valence-electron chi connectivity index (χ3n) is 7.02. The summed E-state index contributed by atoms with van der Waals surface area (Å²) in [6, 6.07) is 11.9. The summed E-state index contributed by atoms with van der Waals surface area (Å²) in [6.45, 7) is 2.17. The van der Waals surface area contributed by atoms with Crippen molar-refractivity contribution in [3.8, 4) is 0 Å². The molecular formula is C25H26N6O2. The van der Waals surface area contributed by atoms with Gasteiger partial charge in [-0.05, 0) is 47.9 Å². The number of carbonyl (C=O) groups is 2. The van der Waals surface area contributed by atoms with Crippen molar-refractivity contribution < 1.29 is 9.59 Å². The zero-order valence-electron chi connectivity index (χ0n) is 18.3. The second kappa shape index (κ2) is 7.72. The number of carbonyl (C=O) groups excluding carboxylic acids is 2. The Morgan fingerprint density at radius 3 is 2.67 bits per heavy atom. The predicted molar refractivity (Wildman–Crippen MR) is 122 cm³/mol. The van der Waals surface area contributed by atoms with Gasteiger partial charge in [-0.2, -0.15) is 5.10 Å². The molecule has 2 fully saturated rings. The van der Waals surface area contributed by atoms with Crippen LogP contribution in [0.15, 0.2) is 48.8 Å². The van der Waals surface area contributed by atoms with Gasteiger partial charge in [-0.3, -0.25) is 14.3 Å². The van der Waals surface area contributed by atoms with Crippen molar-refractivity contribution in [3.05, 3.63) is 76.7 Å². The van der Waals surface area contributed by atoms with Crippen LogP contribution in [0.5, 0.6) is 0 Å². The lowest BCUT2D eigenvalue weighted by molar-refractivity contribution is -0.130. The molecule has 2 amide bonds. The highest BCUT2D eigenvalue weighted by molar-refractivity contribution is 5.94. The van der Waals surface area contributed by atoms with Gasteiger partial charge in [0.25, 0.3) is 5.91 Å². The van der Waals surface area contributed by atoms with Crippen LogP contribution in [0.2, 0.25) is 0 Å². The van der Waals surface area contributed by atoms with Crippen LogP contribution >= 0.6 is 0 Å². The topological polar surface area (TPSA) is 106 Å². The fourth-order valence-electron chi connectivity index (χ4n) is 5.10. The van der Waals surface area contributed by atoms with E-state index in [1.807, 2.05) is 11.0 Å². The number of nitrogens with one attached hydrogen (secondary N) is 1. The normalized spacial score (nSPS) is 22.8. The molecule has 8 nitrogen and oxygen atoms in total. The number of nitrogens with zero attached hydrogens (tertiary/aromatic N) is 4. The zero-order chi connectivity index (χ0) is 22.5. The van der Waals surface area contributed by atoms with Crippen LogP contribution in [0, 0.1) is 11.8 Å². The Balaban J connectivity index is 1.06. The molecule has 0 spiro atoms. The number of nitrogens with two attached hydrogens (primary N) is 1. The molecule has 2 aromatic heterocycles. The van der Waals surface area contributed by atoms with E-state index >= 15 is 0 Å². The molecule has 1 aliphatic heterocycles. The number of fused-ring (bicyclic) bond motifs is 2. The maximum atomic E-state index is 12.8. The minimum Gasteiger partial charge on any atom is -0.384 e. The average molecular weight is 443 g/mol. The third kappa shape index (κ3) is 3.86. The summed E-state index contributed by atoms with van der Waals surface area (Å²) >= 11 is 0. The van der Waals surface area contributed by atoms with Gasteiger partial charge in [-0.15, -0.1) is 0 Å². The molecular weight excluding hydrogens is 416 g/mol. The summed E-state index contributed by atoms with van der Waals surface area (Å²) in [6.07, 6.45) is 6.09. The number of hydrogen-bond donors (Lipinski definition) is 2. The van der Waals surface area contributed by atoms with E-state index in [2.05, 4.69) is 39.7 Å². The molecule has 3 aromatic rings. The van der Waals surface area contributed by atoms with Crippen molar-refractivity contribution in [1.29, 1.82) is 0 Å². The molecule has 2 aliphatic carbocycles. The highest BCUT2D eigenvalue weighted by atomic mass is 16.2. The maximum absolute atomic E-state index is 12.8. The number of hydrogen-bond acceptors (Lipinski definition) is 5. The van der Waals surface area contributed by atoms with E-state index in [9.17, 15) is 9.59 Å². The lowest BCUT2D eigenvalue weighted by Gasteiger charge is -2.18. The quantitative estimate of drug-likeness (QED) is 0.609. The smallest absolute Gasteiger partial charge is 0.254 e. The molecule has 0 radical (unpaired) electrons. The number of nitrogen functional groups attached to an aromatic ring is 1. The highest BCUT2D eigenvalue weighted by Gasteiger charge is 2.51. The van der Waals surface area contributed by atoms with Gasteiger partial charge in [0.2, 0.25) is 5.91 Å². The molecule has 6 rings (SSSR count). The van der Waals surface area contributed by atoms with Crippen LogP contribution < -0.4 is 11.1 Å². The summed E-state index contributed by atoms with van der Waals surface area (Å²) in [5, 5.41) is 7.46. The molecule has 33 heavy (non-hydrogen) atoms. The SMILES string of the molecule is Nc1ccc2c(n1)CC[C@H]2NC(=O)c1cnn(Cc2ccc(CN3CC4C[C@@H]4C3=O)cc2)c1.